The molecule has 22 heavy (non-hydrogen) atoms. The minimum absolute atomic E-state index is 0.00780. The Morgan fingerprint density at radius 3 is 2.45 bits per heavy atom. The highest BCUT2D eigenvalue weighted by molar-refractivity contribution is 5.95. The van der Waals surface area contributed by atoms with Crippen molar-refractivity contribution in [1.82, 2.24) is 20.4 Å². The van der Waals surface area contributed by atoms with E-state index in [-0.39, 0.29) is 25.0 Å². The molecule has 0 aliphatic carbocycles. The van der Waals surface area contributed by atoms with Gasteiger partial charge in [0.05, 0.1) is 26.3 Å². The van der Waals surface area contributed by atoms with Gasteiger partial charge < -0.3 is 15.0 Å². The molecule has 0 aromatic rings. The molecule has 1 fully saturated rings. The van der Waals surface area contributed by atoms with Crippen LogP contribution in [0.25, 0.3) is 0 Å². The summed E-state index contributed by atoms with van der Waals surface area (Å²) in [5, 5.41) is 4.90. The van der Waals surface area contributed by atoms with Crippen molar-refractivity contribution < 1.29 is 19.1 Å². The number of likely N-dealkylation sites (N-methyl/N-ethyl adjacent to an activating group) is 1. The summed E-state index contributed by atoms with van der Waals surface area (Å²) in [5.41, 5.74) is 0. The monoisotopic (exact) mass is 314 g/mol. The normalized spacial score (nSPS) is 16.3. The molecule has 8 nitrogen and oxygen atoms in total. The molecule has 0 unspecified atom stereocenters. The average Bonchev–Trinajstić information content (AvgIpc) is 2.47. The first-order chi connectivity index (χ1) is 10.4. The number of carbonyl (C=O) groups is 3. The van der Waals surface area contributed by atoms with Crippen LogP contribution in [0, 0.1) is 0 Å². The number of ether oxygens (including phenoxy) is 1. The zero-order valence-electron chi connectivity index (χ0n) is 13.6. The van der Waals surface area contributed by atoms with Gasteiger partial charge >= 0.3 is 6.03 Å². The van der Waals surface area contributed by atoms with Crippen molar-refractivity contribution in [3.8, 4) is 0 Å². The molecule has 1 aliphatic rings. The van der Waals surface area contributed by atoms with Crippen molar-refractivity contribution in [2.45, 2.75) is 26.3 Å². The Morgan fingerprint density at radius 2 is 1.86 bits per heavy atom. The van der Waals surface area contributed by atoms with Gasteiger partial charge in [0.1, 0.15) is 0 Å². The van der Waals surface area contributed by atoms with Gasteiger partial charge in [0.2, 0.25) is 11.8 Å². The number of urea groups is 1. The van der Waals surface area contributed by atoms with Crippen molar-refractivity contribution in [2.75, 3.05) is 46.4 Å². The van der Waals surface area contributed by atoms with Crippen LogP contribution < -0.4 is 10.6 Å². The number of hydrogen-bond donors (Lipinski definition) is 2. The number of morpholine rings is 1. The molecule has 8 heteroatoms. The second-order valence-electron chi connectivity index (χ2n) is 5.50. The number of imide groups is 1. The van der Waals surface area contributed by atoms with Gasteiger partial charge in [0, 0.05) is 19.1 Å². The van der Waals surface area contributed by atoms with E-state index in [2.05, 4.69) is 10.6 Å². The van der Waals surface area contributed by atoms with Crippen LogP contribution in [0.2, 0.25) is 0 Å². The number of hydrogen-bond acceptors (Lipinski definition) is 5. The van der Waals surface area contributed by atoms with Crippen molar-refractivity contribution >= 4 is 17.8 Å². The molecule has 4 amide bonds. The minimum atomic E-state index is -0.507. The molecule has 0 aromatic heterocycles. The summed E-state index contributed by atoms with van der Waals surface area (Å²) in [4.78, 5) is 38.6. The predicted molar refractivity (Wildman–Crippen MR) is 81.3 cm³/mol. The first-order valence-electron chi connectivity index (χ1n) is 7.56. The Labute approximate surface area is 131 Å². The van der Waals surface area contributed by atoms with Gasteiger partial charge in [-0.2, -0.15) is 0 Å². The van der Waals surface area contributed by atoms with E-state index >= 15 is 0 Å². The van der Waals surface area contributed by atoms with E-state index < -0.39 is 11.9 Å². The quantitative estimate of drug-likeness (QED) is 0.683. The summed E-state index contributed by atoms with van der Waals surface area (Å²) in [6.45, 7) is 6.18. The van der Waals surface area contributed by atoms with Crippen LogP contribution in [-0.2, 0) is 14.3 Å². The summed E-state index contributed by atoms with van der Waals surface area (Å²) in [6, 6.07) is -0.499. The lowest BCUT2D eigenvalue weighted by molar-refractivity contribution is -0.136. The van der Waals surface area contributed by atoms with E-state index in [1.807, 2.05) is 13.8 Å². The summed E-state index contributed by atoms with van der Waals surface area (Å²) >= 11 is 0. The number of nitrogens with zero attached hydrogens (tertiary/aromatic N) is 2. The Bertz CT molecular complexity index is 396. The maximum atomic E-state index is 12.0. The molecule has 126 valence electrons. The average molecular weight is 314 g/mol. The molecule has 2 N–H and O–H groups in total. The predicted octanol–water partition coefficient (Wildman–Crippen LogP) is -0.599. The highest BCUT2D eigenvalue weighted by Gasteiger charge is 2.19. The summed E-state index contributed by atoms with van der Waals surface area (Å²) in [6.07, 6.45) is 0.787. The third-order valence-corrected chi connectivity index (χ3v) is 3.43. The molecular formula is C14H26N4O4. The molecule has 1 atom stereocenters. The zero-order valence-corrected chi connectivity index (χ0v) is 13.6. The maximum absolute atomic E-state index is 12.0. The van der Waals surface area contributed by atoms with E-state index in [1.165, 1.54) is 0 Å². The summed E-state index contributed by atoms with van der Waals surface area (Å²) in [5.74, 6) is -0.472. The van der Waals surface area contributed by atoms with Crippen molar-refractivity contribution in [3.05, 3.63) is 0 Å². The lowest BCUT2D eigenvalue weighted by Gasteiger charge is -2.28. The molecule has 1 rings (SSSR count). The second kappa shape index (κ2) is 9.37. The SMILES string of the molecule is CC[C@H](C)NC(=O)NC(=O)CN(C)CC(=O)N1CCOCC1. The van der Waals surface area contributed by atoms with Gasteiger partial charge in [0.25, 0.3) is 0 Å². The highest BCUT2D eigenvalue weighted by atomic mass is 16.5. The topological polar surface area (TPSA) is 91.0 Å². The minimum Gasteiger partial charge on any atom is -0.378 e. The number of carbonyl (C=O) groups excluding carboxylic acids is 3. The van der Waals surface area contributed by atoms with Crippen molar-refractivity contribution in [2.24, 2.45) is 0 Å². The van der Waals surface area contributed by atoms with Crippen molar-refractivity contribution in [1.29, 1.82) is 0 Å². The van der Waals surface area contributed by atoms with Gasteiger partial charge in [-0.25, -0.2) is 4.79 Å². The fourth-order valence-electron chi connectivity index (χ4n) is 1.97. The van der Waals surface area contributed by atoms with Gasteiger partial charge in [-0.15, -0.1) is 0 Å². The molecule has 0 bridgehead atoms. The molecule has 1 heterocycles. The third-order valence-electron chi connectivity index (χ3n) is 3.43. The second-order valence-corrected chi connectivity index (χ2v) is 5.50. The van der Waals surface area contributed by atoms with Gasteiger partial charge in [0.15, 0.2) is 0 Å². The van der Waals surface area contributed by atoms with E-state index in [1.54, 1.807) is 16.8 Å². The number of nitrogens with one attached hydrogen (secondary N) is 2. The van der Waals surface area contributed by atoms with Crippen LogP contribution in [-0.4, -0.2) is 80.1 Å². The molecule has 0 saturated carbocycles. The Balaban J connectivity index is 2.28. The molecule has 0 radical (unpaired) electrons. The lowest BCUT2D eigenvalue weighted by Crippen LogP contribution is -2.49. The standard InChI is InChI=1S/C14H26N4O4/c1-4-11(2)15-14(21)16-12(19)9-17(3)10-13(20)18-5-7-22-8-6-18/h11H,4-10H2,1-3H3,(H2,15,16,19,21)/t11-/m0/s1. The van der Waals surface area contributed by atoms with Gasteiger partial charge in [-0.1, -0.05) is 6.92 Å². The van der Waals surface area contributed by atoms with Gasteiger partial charge in [-0.3, -0.25) is 19.8 Å². The fourth-order valence-corrected chi connectivity index (χ4v) is 1.97. The Morgan fingerprint density at radius 1 is 1.23 bits per heavy atom. The maximum Gasteiger partial charge on any atom is 0.321 e. The van der Waals surface area contributed by atoms with E-state index in [0.717, 1.165) is 6.42 Å². The molecule has 0 aromatic carbocycles. The summed E-state index contributed by atoms with van der Waals surface area (Å²) in [7, 11) is 1.67. The Hall–Kier alpha value is -1.67. The van der Waals surface area contributed by atoms with E-state index in [9.17, 15) is 14.4 Å². The molecular weight excluding hydrogens is 288 g/mol. The van der Waals surface area contributed by atoms with E-state index in [0.29, 0.717) is 26.3 Å². The van der Waals surface area contributed by atoms with Crippen LogP contribution in [0.15, 0.2) is 0 Å². The Kier molecular flexibility index (Phi) is 7.83. The smallest absolute Gasteiger partial charge is 0.321 e. The van der Waals surface area contributed by atoms with Crippen molar-refractivity contribution in [3.63, 3.8) is 0 Å². The van der Waals surface area contributed by atoms with Crippen LogP contribution in [0.5, 0.6) is 0 Å². The third kappa shape index (κ3) is 6.86. The zero-order chi connectivity index (χ0) is 16.5. The van der Waals surface area contributed by atoms with E-state index in [4.69, 9.17) is 4.74 Å². The fraction of sp³-hybridized carbons (Fsp3) is 0.786. The number of rotatable bonds is 6. The largest absolute Gasteiger partial charge is 0.378 e. The number of amides is 4. The molecule has 1 saturated heterocycles. The van der Waals surface area contributed by atoms with Crippen LogP contribution in [0.1, 0.15) is 20.3 Å². The lowest BCUT2D eigenvalue weighted by atomic mass is 10.3. The van der Waals surface area contributed by atoms with Crippen LogP contribution in [0.4, 0.5) is 4.79 Å². The first-order valence-corrected chi connectivity index (χ1v) is 7.56. The molecule has 0 spiro atoms. The summed E-state index contributed by atoms with van der Waals surface area (Å²) < 4.78 is 5.19. The molecule has 1 aliphatic heterocycles. The van der Waals surface area contributed by atoms with Crippen LogP contribution >= 0.6 is 0 Å². The van der Waals surface area contributed by atoms with Gasteiger partial charge in [-0.05, 0) is 20.4 Å². The highest BCUT2D eigenvalue weighted by Crippen LogP contribution is 1.98. The first kappa shape index (κ1) is 18.4. The van der Waals surface area contributed by atoms with Crippen LogP contribution in [0.3, 0.4) is 0 Å².